The monoisotopic (exact) mass is 346 g/mol. The number of hydrogen-bond acceptors (Lipinski definition) is 4. The van der Waals surface area contributed by atoms with Gasteiger partial charge in [-0.1, -0.05) is 24.3 Å². The quantitative estimate of drug-likeness (QED) is 0.569. The highest BCUT2D eigenvalue weighted by Crippen LogP contribution is 2.32. The summed E-state index contributed by atoms with van der Waals surface area (Å²) in [5.74, 6) is 0. The molecule has 0 aliphatic heterocycles. The molecule has 0 unspecified atom stereocenters. The Kier molecular flexibility index (Phi) is 3.83. The van der Waals surface area contributed by atoms with E-state index in [1.165, 1.54) is 0 Å². The van der Waals surface area contributed by atoms with Gasteiger partial charge in [0.2, 0.25) is 0 Å². The van der Waals surface area contributed by atoms with Crippen LogP contribution in [0.4, 0.5) is 0 Å². The molecule has 2 aromatic heterocycles. The van der Waals surface area contributed by atoms with Crippen molar-refractivity contribution < 1.29 is 14.2 Å². The van der Waals surface area contributed by atoms with E-state index in [1.807, 2.05) is 44.2 Å². The summed E-state index contributed by atoms with van der Waals surface area (Å²) in [5.41, 5.74) is 1.62. The van der Waals surface area contributed by atoms with Gasteiger partial charge in [0.15, 0.2) is 5.58 Å². The summed E-state index contributed by atoms with van der Waals surface area (Å²) in [6, 6.07) is 13.9. The molecule has 131 valence electrons. The lowest BCUT2D eigenvalue weighted by molar-refractivity contribution is -0.0893. The van der Waals surface area contributed by atoms with Crippen LogP contribution >= 0.6 is 0 Å². The molecule has 0 saturated carbocycles. The van der Waals surface area contributed by atoms with E-state index in [0.717, 1.165) is 38.3 Å². The maximum Gasteiger partial charge on any atom is 0.331 e. The number of pyridine rings is 1. The highest BCUT2D eigenvalue weighted by Gasteiger charge is 2.36. The second kappa shape index (κ2) is 5.83. The van der Waals surface area contributed by atoms with Crippen LogP contribution in [0.15, 0.2) is 53.1 Å². The number of fused-ring (bicyclic) bond motifs is 5. The fourth-order valence-corrected chi connectivity index (χ4v) is 2.90. The zero-order chi connectivity index (χ0) is 18.5. The SMILES string of the molecule is CC(C)(O)C(C)(C)O[B]c1cccc2oc3c(ccc4cccnc43)c12. The molecular weight excluding hydrogens is 325 g/mol. The Morgan fingerprint density at radius 2 is 1.85 bits per heavy atom. The van der Waals surface area contributed by atoms with Crippen molar-refractivity contribution in [1.82, 2.24) is 4.98 Å². The molecule has 0 fully saturated rings. The molecule has 1 radical (unpaired) electrons. The summed E-state index contributed by atoms with van der Waals surface area (Å²) in [4.78, 5) is 4.48. The van der Waals surface area contributed by atoms with Crippen molar-refractivity contribution in [1.29, 1.82) is 0 Å². The number of furan rings is 1. The minimum absolute atomic E-state index is 0.733. The first kappa shape index (κ1) is 17.1. The minimum atomic E-state index is -0.976. The Balaban J connectivity index is 1.85. The minimum Gasteiger partial charge on any atom is -0.454 e. The number of benzene rings is 2. The average Bonchev–Trinajstić information content (AvgIpc) is 2.98. The van der Waals surface area contributed by atoms with Gasteiger partial charge in [-0.05, 0) is 51.4 Å². The predicted molar refractivity (Wildman–Crippen MR) is 106 cm³/mol. The van der Waals surface area contributed by atoms with Gasteiger partial charge in [-0.3, -0.25) is 4.98 Å². The highest BCUT2D eigenvalue weighted by molar-refractivity contribution is 6.53. The third kappa shape index (κ3) is 2.68. The highest BCUT2D eigenvalue weighted by atomic mass is 16.5. The molecule has 26 heavy (non-hydrogen) atoms. The van der Waals surface area contributed by atoms with Gasteiger partial charge >= 0.3 is 7.48 Å². The van der Waals surface area contributed by atoms with E-state index in [1.54, 1.807) is 27.5 Å². The molecule has 4 nitrogen and oxygen atoms in total. The fraction of sp³-hybridized carbons (Fsp3) is 0.286. The Morgan fingerprint density at radius 3 is 2.62 bits per heavy atom. The Hall–Kier alpha value is -2.37. The zero-order valence-electron chi connectivity index (χ0n) is 15.4. The first-order valence-corrected chi connectivity index (χ1v) is 8.70. The van der Waals surface area contributed by atoms with Crippen molar-refractivity contribution in [3.05, 3.63) is 48.7 Å². The summed E-state index contributed by atoms with van der Waals surface area (Å²) in [6.07, 6.45) is 1.77. The fourth-order valence-electron chi connectivity index (χ4n) is 2.90. The van der Waals surface area contributed by atoms with E-state index in [9.17, 15) is 5.11 Å². The lowest BCUT2D eigenvalue weighted by Crippen LogP contribution is -2.49. The Labute approximate surface area is 153 Å². The van der Waals surface area contributed by atoms with Crippen LogP contribution in [0.2, 0.25) is 0 Å². The number of aliphatic hydroxyl groups is 1. The van der Waals surface area contributed by atoms with Crippen LogP contribution in [0, 0.1) is 0 Å². The van der Waals surface area contributed by atoms with Gasteiger partial charge in [0.25, 0.3) is 0 Å². The number of aromatic nitrogens is 1. The molecule has 0 spiro atoms. The van der Waals surface area contributed by atoms with Crippen molar-refractivity contribution in [3.63, 3.8) is 0 Å². The number of hydrogen-bond donors (Lipinski definition) is 1. The second-order valence-corrected chi connectivity index (χ2v) is 7.64. The molecule has 0 amide bonds. The average molecular weight is 346 g/mol. The first-order chi connectivity index (χ1) is 12.3. The number of rotatable bonds is 4. The van der Waals surface area contributed by atoms with Gasteiger partial charge in [0.05, 0.1) is 11.2 Å². The van der Waals surface area contributed by atoms with Crippen molar-refractivity contribution in [2.45, 2.75) is 38.9 Å². The van der Waals surface area contributed by atoms with Crippen LogP contribution in [0.25, 0.3) is 32.8 Å². The molecule has 5 heteroatoms. The lowest BCUT2D eigenvalue weighted by atomic mass is 9.80. The summed E-state index contributed by atoms with van der Waals surface area (Å²) >= 11 is 0. The Bertz CT molecular complexity index is 1110. The zero-order valence-corrected chi connectivity index (χ0v) is 15.4. The maximum absolute atomic E-state index is 10.3. The van der Waals surface area contributed by atoms with Crippen LogP contribution < -0.4 is 5.46 Å². The topological polar surface area (TPSA) is 55.5 Å². The second-order valence-electron chi connectivity index (χ2n) is 7.64. The maximum atomic E-state index is 10.3. The van der Waals surface area contributed by atoms with Crippen molar-refractivity contribution in [2.24, 2.45) is 0 Å². The molecule has 0 aliphatic carbocycles. The van der Waals surface area contributed by atoms with Gasteiger partial charge in [0.1, 0.15) is 11.1 Å². The molecule has 1 N–H and O–H groups in total. The summed E-state index contributed by atoms with van der Waals surface area (Å²) < 4.78 is 12.1. The van der Waals surface area contributed by atoms with Crippen molar-refractivity contribution in [3.8, 4) is 0 Å². The standard InChI is InChI=1S/C21H21BNO3/c1-20(2,24)21(3,4)26-22-15-8-5-9-16-17(15)14-11-10-13-7-6-12-23-18(13)19(14)25-16/h5-12,24H,1-4H3. The van der Waals surface area contributed by atoms with Gasteiger partial charge in [-0.25, -0.2) is 0 Å². The van der Waals surface area contributed by atoms with Gasteiger partial charge < -0.3 is 14.2 Å². The van der Waals surface area contributed by atoms with Gasteiger partial charge in [-0.15, -0.1) is 0 Å². The molecular formula is C21H21BNO3. The molecule has 2 aromatic carbocycles. The normalized spacial score (nSPS) is 13.0. The molecule has 0 atom stereocenters. The van der Waals surface area contributed by atoms with Crippen LogP contribution in [0.1, 0.15) is 27.7 Å². The molecule has 4 aromatic rings. The van der Waals surface area contributed by atoms with Gasteiger partial charge in [0, 0.05) is 22.4 Å². The lowest BCUT2D eigenvalue weighted by Gasteiger charge is -2.37. The van der Waals surface area contributed by atoms with Crippen LogP contribution in [-0.4, -0.2) is 28.8 Å². The van der Waals surface area contributed by atoms with E-state index < -0.39 is 11.2 Å². The Morgan fingerprint density at radius 1 is 1.04 bits per heavy atom. The van der Waals surface area contributed by atoms with E-state index in [4.69, 9.17) is 9.07 Å². The summed E-state index contributed by atoms with van der Waals surface area (Å²) in [7, 11) is 1.71. The van der Waals surface area contributed by atoms with E-state index >= 15 is 0 Å². The third-order valence-electron chi connectivity index (χ3n) is 5.22. The van der Waals surface area contributed by atoms with E-state index in [-0.39, 0.29) is 0 Å². The van der Waals surface area contributed by atoms with E-state index in [0.29, 0.717) is 0 Å². The molecule has 4 rings (SSSR count). The van der Waals surface area contributed by atoms with Crippen LogP contribution in [-0.2, 0) is 4.65 Å². The smallest absolute Gasteiger partial charge is 0.331 e. The van der Waals surface area contributed by atoms with E-state index in [2.05, 4.69) is 17.1 Å². The van der Waals surface area contributed by atoms with Crippen LogP contribution in [0.5, 0.6) is 0 Å². The molecule has 2 heterocycles. The summed E-state index contributed by atoms with van der Waals surface area (Å²) in [5, 5.41) is 13.4. The van der Waals surface area contributed by atoms with Gasteiger partial charge in [-0.2, -0.15) is 0 Å². The molecule has 0 aliphatic rings. The summed E-state index contributed by atoms with van der Waals surface area (Å²) in [6.45, 7) is 7.22. The largest absolute Gasteiger partial charge is 0.454 e. The number of nitrogens with zero attached hydrogens (tertiary/aromatic N) is 1. The molecule has 0 saturated heterocycles. The van der Waals surface area contributed by atoms with Crippen molar-refractivity contribution >= 4 is 45.8 Å². The first-order valence-electron chi connectivity index (χ1n) is 8.70. The molecule has 0 bridgehead atoms. The third-order valence-corrected chi connectivity index (χ3v) is 5.22. The van der Waals surface area contributed by atoms with Crippen LogP contribution in [0.3, 0.4) is 0 Å². The van der Waals surface area contributed by atoms with Crippen molar-refractivity contribution in [2.75, 3.05) is 0 Å². The predicted octanol–water partition coefficient (Wildman–Crippen LogP) is 3.94.